The number of amides is 1. The molecule has 0 unspecified atom stereocenters. The van der Waals surface area contributed by atoms with Crippen molar-refractivity contribution in [2.24, 2.45) is 5.10 Å². The molecule has 0 radical (unpaired) electrons. The first-order valence-corrected chi connectivity index (χ1v) is 10.0. The Hall–Kier alpha value is -3.79. The molecule has 148 valence electrons. The van der Waals surface area contributed by atoms with Crippen molar-refractivity contribution in [2.45, 2.75) is 20.3 Å². The van der Waals surface area contributed by atoms with Crippen LogP contribution in [-0.4, -0.2) is 17.1 Å². The molecule has 1 amide bonds. The monoisotopic (exact) mass is 393 g/mol. The zero-order chi connectivity index (χ0) is 20.9. The number of hydrogen-bond donors (Lipinski definition) is 1. The standard InChI is InChI=1S/C26H23N3O/c1-3-19-10-12-20(13-11-19)17-27-29-26(30)23-16-25(21-14-8-18(2)9-15-21)28-24-7-5-4-6-22(23)24/h4-17H,3H2,1-2H3,(H,29,30)/b27-17-. The quantitative estimate of drug-likeness (QED) is 0.358. The normalized spacial score (nSPS) is 11.1. The van der Waals surface area contributed by atoms with Gasteiger partial charge in [-0.05, 0) is 36.6 Å². The summed E-state index contributed by atoms with van der Waals surface area (Å²) in [6.45, 7) is 4.16. The number of nitrogens with zero attached hydrogens (tertiary/aromatic N) is 2. The Bertz CT molecular complexity index is 1210. The summed E-state index contributed by atoms with van der Waals surface area (Å²) in [5.41, 5.74) is 9.10. The average Bonchev–Trinajstić information content (AvgIpc) is 2.79. The lowest BCUT2D eigenvalue weighted by Crippen LogP contribution is -2.18. The van der Waals surface area contributed by atoms with Crippen LogP contribution in [0.25, 0.3) is 22.2 Å². The third-order valence-electron chi connectivity index (χ3n) is 5.08. The molecule has 4 heteroatoms. The number of fused-ring (bicyclic) bond motifs is 1. The van der Waals surface area contributed by atoms with Crippen LogP contribution >= 0.6 is 0 Å². The number of aromatic nitrogens is 1. The molecule has 1 heterocycles. The predicted molar refractivity (Wildman–Crippen MR) is 123 cm³/mol. The van der Waals surface area contributed by atoms with Crippen LogP contribution in [0.2, 0.25) is 0 Å². The van der Waals surface area contributed by atoms with E-state index in [1.807, 2.05) is 73.7 Å². The number of carbonyl (C=O) groups excluding carboxylic acids is 1. The van der Waals surface area contributed by atoms with Gasteiger partial charge in [0.15, 0.2) is 0 Å². The number of nitrogens with one attached hydrogen (secondary N) is 1. The molecule has 1 aromatic heterocycles. The molecule has 4 aromatic rings. The van der Waals surface area contributed by atoms with Crippen LogP contribution in [0.3, 0.4) is 0 Å². The molecule has 0 spiro atoms. The van der Waals surface area contributed by atoms with Gasteiger partial charge in [0.2, 0.25) is 0 Å². The van der Waals surface area contributed by atoms with Crippen LogP contribution in [0.15, 0.2) is 84.0 Å². The fourth-order valence-electron chi connectivity index (χ4n) is 3.30. The second kappa shape index (κ2) is 8.70. The summed E-state index contributed by atoms with van der Waals surface area (Å²) in [5.74, 6) is -0.261. The van der Waals surface area contributed by atoms with Crippen LogP contribution in [-0.2, 0) is 6.42 Å². The lowest BCUT2D eigenvalue weighted by molar-refractivity contribution is 0.0956. The SMILES string of the molecule is CCc1ccc(/C=N\NC(=O)c2cc(-c3ccc(C)cc3)nc3ccccc23)cc1. The number of carbonyl (C=O) groups is 1. The van der Waals surface area contributed by atoms with Gasteiger partial charge in [-0.1, -0.05) is 79.2 Å². The average molecular weight is 393 g/mol. The molecule has 0 fully saturated rings. The molecule has 3 aromatic carbocycles. The molecule has 0 aliphatic rings. The second-order valence-electron chi connectivity index (χ2n) is 7.23. The number of benzene rings is 3. The van der Waals surface area contributed by atoms with Crippen molar-refractivity contribution >= 4 is 23.0 Å². The molecule has 30 heavy (non-hydrogen) atoms. The van der Waals surface area contributed by atoms with Gasteiger partial charge in [-0.15, -0.1) is 0 Å². The molecule has 4 rings (SSSR count). The number of pyridine rings is 1. The molecular weight excluding hydrogens is 370 g/mol. The van der Waals surface area contributed by atoms with Crippen molar-refractivity contribution in [1.82, 2.24) is 10.4 Å². The van der Waals surface area contributed by atoms with Crippen LogP contribution in [0.4, 0.5) is 0 Å². The highest BCUT2D eigenvalue weighted by molar-refractivity contribution is 6.07. The minimum absolute atomic E-state index is 0.261. The van der Waals surface area contributed by atoms with Gasteiger partial charge in [0.05, 0.1) is 23.0 Å². The Kier molecular flexibility index (Phi) is 5.66. The van der Waals surface area contributed by atoms with E-state index in [9.17, 15) is 4.79 Å². The van der Waals surface area contributed by atoms with Crippen molar-refractivity contribution in [2.75, 3.05) is 0 Å². The Morgan fingerprint density at radius 1 is 1.00 bits per heavy atom. The third kappa shape index (κ3) is 4.28. The van der Waals surface area contributed by atoms with Gasteiger partial charge in [0.25, 0.3) is 5.91 Å². The number of aryl methyl sites for hydroxylation is 2. The summed E-state index contributed by atoms with van der Waals surface area (Å²) in [4.78, 5) is 17.7. The third-order valence-corrected chi connectivity index (χ3v) is 5.08. The fourth-order valence-corrected chi connectivity index (χ4v) is 3.30. The highest BCUT2D eigenvalue weighted by Crippen LogP contribution is 2.25. The number of hydrogen-bond acceptors (Lipinski definition) is 3. The molecule has 0 saturated carbocycles. The smallest absolute Gasteiger partial charge is 0.267 e. The first kappa shape index (κ1) is 19.5. The molecule has 0 atom stereocenters. The first-order chi connectivity index (χ1) is 14.6. The topological polar surface area (TPSA) is 54.4 Å². The van der Waals surface area contributed by atoms with E-state index in [2.05, 4.69) is 29.6 Å². The Balaban J connectivity index is 1.63. The van der Waals surface area contributed by atoms with Crippen LogP contribution < -0.4 is 5.43 Å². The van der Waals surface area contributed by atoms with E-state index in [1.54, 1.807) is 6.21 Å². The van der Waals surface area contributed by atoms with E-state index in [-0.39, 0.29) is 5.91 Å². The minimum Gasteiger partial charge on any atom is -0.267 e. The number of para-hydroxylation sites is 1. The number of hydrazone groups is 1. The molecular formula is C26H23N3O. The number of rotatable bonds is 5. The molecule has 4 nitrogen and oxygen atoms in total. The molecule has 0 bridgehead atoms. The van der Waals surface area contributed by atoms with Gasteiger partial charge in [-0.3, -0.25) is 4.79 Å². The molecule has 0 saturated heterocycles. The predicted octanol–water partition coefficient (Wildman–Crippen LogP) is 5.54. The highest BCUT2D eigenvalue weighted by Gasteiger charge is 2.13. The van der Waals surface area contributed by atoms with Crippen molar-refractivity contribution in [1.29, 1.82) is 0 Å². The summed E-state index contributed by atoms with van der Waals surface area (Å²) in [6.07, 6.45) is 2.65. The Labute approximate surface area is 176 Å². The summed E-state index contributed by atoms with van der Waals surface area (Å²) in [5, 5.41) is 4.95. The Morgan fingerprint density at radius 3 is 2.47 bits per heavy atom. The van der Waals surface area contributed by atoms with Crippen molar-refractivity contribution < 1.29 is 4.79 Å². The maximum Gasteiger partial charge on any atom is 0.272 e. The summed E-state index contributed by atoms with van der Waals surface area (Å²) < 4.78 is 0. The second-order valence-corrected chi connectivity index (χ2v) is 7.23. The van der Waals surface area contributed by atoms with Crippen molar-refractivity contribution in [3.05, 3.63) is 101 Å². The van der Waals surface area contributed by atoms with E-state index in [4.69, 9.17) is 4.98 Å². The lowest BCUT2D eigenvalue weighted by Gasteiger charge is -2.09. The fraction of sp³-hybridized carbons (Fsp3) is 0.115. The maximum absolute atomic E-state index is 12.9. The maximum atomic E-state index is 12.9. The van der Waals surface area contributed by atoms with Gasteiger partial charge in [-0.25, -0.2) is 10.4 Å². The summed E-state index contributed by atoms with van der Waals surface area (Å²) in [7, 11) is 0. The first-order valence-electron chi connectivity index (χ1n) is 10.0. The zero-order valence-electron chi connectivity index (χ0n) is 17.1. The van der Waals surface area contributed by atoms with Gasteiger partial charge in [0, 0.05) is 10.9 Å². The van der Waals surface area contributed by atoms with Gasteiger partial charge >= 0.3 is 0 Å². The zero-order valence-corrected chi connectivity index (χ0v) is 17.1. The van der Waals surface area contributed by atoms with Crippen LogP contribution in [0, 0.1) is 6.92 Å². The highest BCUT2D eigenvalue weighted by atomic mass is 16.2. The van der Waals surface area contributed by atoms with Gasteiger partial charge in [0.1, 0.15) is 0 Å². The van der Waals surface area contributed by atoms with E-state index >= 15 is 0 Å². The Morgan fingerprint density at radius 2 is 1.73 bits per heavy atom. The van der Waals surface area contributed by atoms with Crippen molar-refractivity contribution in [3.63, 3.8) is 0 Å². The van der Waals surface area contributed by atoms with Crippen molar-refractivity contribution in [3.8, 4) is 11.3 Å². The molecule has 1 N–H and O–H groups in total. The summed E-state index contributed by atoms with van der Waals surface area (Å²) >= 11 is 0. The lowest BCUT2D eigenvalue weighted by atomic mass is 10.0. The summed E-state index contributed by atoms with van der Waals surface area (Å²) in [6, 6.07) is 25.7. The van der Waals surface area contributed by atoms with Gasteiger partial charge < -0.3 is 0 Å². The van der Waals surface area contributed by atoms with E-state index in [1.165, 1.54) is 11.1 Å². The molecule has 0 aliphatic carbocycles. The largest absolute Gasteiger partial charge is 0.272 e. The van der Waals surface area contributed by atoms with E-state index < -0.39 is 0 Å². The molecule has 0 aliphatic heterocycles. The van der Waals surface area contributed by atoms with Crippen LogP contribution in [0.1, 0.15) is 34.0 Å². The van der Waals surface area contributed by atoms with E-state index in [0.29, 0.717) is 5.56 Å². The van der Waals surface area contributed by atoms with Gasteiger partial charge in [-0.2, -0.15) is 5.10 Å². The van der Waals surface area contributed by atoms with Crippen LogP contribution in [0.5, 0.6) is 0 Å². The minimum atomic E-state index is -0.261. The van der Waals surface area contributed by atoms with E-state index in [0.717, 1.165) is 34.1 Å².